The second-order valence-corrected chi connectivity index (χ2v) is 6.62. The van der Waals surface area contributed by atoms with E-state index in [0.29, 0.717) is 6.54 Å². The molecule has 0 fully saturated rings. The van der Waals surface area contributed by atoms with Crippen LogP contribution in [0.4, 0.5) is 11.4 Å². The van der Waals surface area contributed by atoms with Crippen LogP contribution in [0.25, 0.3) is 0 Å². The van der Waals surface area contributed by atoms with Crippen molar-refractivity contribution in [3.63, 3.8) is 0 Å². The van der Waals surface area contributed by atoms with E-state index in [-0.39, 0.29) is 11.9 Å². The Morgan fingerprint density at radius 3 is 2.70 bits per heavy atom. The monoisotopic (exact) mass is 362 g/mol. The van der Waals surface area contributed by atoms with Crippen molar-refractivity contribution in [2.75, 3.05) is 11.9 Å². The lowest BCUT2D eigenvalue weighted by Crippen LogP contribution is -2.40. The highest BCUT2D eigenvalue weighted by Crippen LogP contribution is 2.22. The van der Waals surface area contributed by atoms with Crippen LogP contribution in [0.3, 0.4) is 0 Å². The molecule has 0 saturated carbocycles. The van der Waals surface area contributed by atoms with Gasteiger partial charge in [-0.15, -0.1) is 0 Å². The van der Waals surface area contributed by atoms with Gasteiger partial charge in [-0.25, -0.2) is 0 Å². The van der Waals surface area contributed by atoms with Crippen molar-refractivity contribution in [2.45, 2.75) is 19.0 Å². The molecular weight excluding hydrogens is 340 g/mol. The summed E-state index contributed by atoms with van der Waals surface area (Å²) in [5.41, 5.74) is 5.00. The number of aromatic nitrogens is 3. The highest BCUT2D eigenvalue weighted by Gasteiger charge is 2.28. The maximum Gasteiger partial charge on any atom is 0.242 e. The lowest BCUT2D eigenvalue weighted by Gasteiger charge is -2.22. The van der Waals surface area contributed by atoms with Crippen LogP contribution in [0.15, 0.2) is 55.0 Å². The standard InChI is InChI=1S/C20H22N6O/c1-26-13-17-18(25-26)8-11-22-19(17)20(27)23-12-14-2-4-15(5-3-14)24-16-6-9-21-10-7-16/h2-7,9-10,13,19,22H,8,11-12H2,1H3,(H,21,24)(H,23,27). The largest absolute Gasteiger partial charge is 0.355 e. The van der Waals surface area contributed by atoms with Gasteiger partial charge >= 0.3 is 0 Å². The molecule has 1 aliphatic heterocycles. The van der Waals surface area contributed by atoms with Gasteiger partial charge in [-0.1, -0.05) is 12.1 Å². The summed E-state index contributed by atoms with van der Waals surface area (Å²) in [6, 6.07) is 11.5. The number of pyridine rings is 1. The predicted octanol–water partition coefficient (Wildman–Crippen LogP) is 2.06. The van der Waals surface area contributed by atoms with Crippen molar-refractivity contribution in [2.24, 2.45) is 7.05 Å². The number of nitrogens with zero attached hydrogens (tertiary/aromatic N) is 3. The van der Waals surface area contributed by atoms with Gasteiger partial charge in [0, 0.05) is 62.1 Å². The minimum absolute atomic E-state index is 0.0251. The average molecular weight is 362 g/mol. The molecule has 2 aromatic heterocycles. The van der Waals surface area contributed by atoms with Crippen LogP contribution in [0.5, 0.6) is 0 Å². The molecule has 1 atom stereocenters. The first-order chi connectivity index (χ1) is 13.2. The quantitative estimate of drug-likeness (QED) is 0.647. The highest BCUT2D eigenvalue weighted by molar-refractivity contribution is 5.83. The fourth-order valence-corrected chi connectivity index (χ4v) is 3.27. The van der Waals surface area contributed by atoms with Crippen molar-refractivity contribution in [1.82, 2.24) is 25.4 Å². The lowest BCUT2D eigenvalue weighted by molar-refractivity contribution is -0.123. The zero-order chi connectivity index (χ0) is 18.6. The molecule has 0 aliphatic carbocycles. The van der Waals surface area contributed by atoms with E-state index in [1.807, 2.05) is 49.6 Å². The Bertz CT molecular complexity index is 919. The number of rotatable bonds is 5. The summed E-state index contributed by atoms with van der Waals surface area (Å²) >= 11 is 0. The van der Waals surface area contributed by atoms with Crippen molar-refractivity contribution >= 4 is 17.3 Å². The van der Waals surface area contributed by atoms with E-state index in [9.17, 15) is 4.79 Å². The third-order valence-corrected chi connectivity index (χ3v) is 4.61. The zero-order valence-corrected chi connectivity index (χ0v) is 15.1. The van der Waals surface area contributed by atoms with Crippen molar-refractivity contribution < 1.29 is 4.79 Å². The van der Waals surface area contributed by atoms with Crippen LogP contribution < -0.4 is 16.0 Å². The number of carbonyl (C=O) groups is 1. The second kappa shape index (κ2) is 7.59. The SMILES string of the molecule is Cn1cc2c(n1)CCNC2C(=O)NCc1ccc(Nc2ccncc2)cc1. The Hall–Kier alpha value is -3.19. The van der Waals surface area contributed by atoms with Crippen LogP contribution in [-0.4, -0.2) is 27.2 Å². The first-order valence-corrected chi connectivity index (χ1v) is 8.98. The maximum atomic E-state index is 12.6. The third-order valence-electron chi connectivity index (χ3n) is 4.61. The number of hydrogen-bond donors (Lipinski definition) is 3. The molecule has 7 heteroatoms. The van der Waals surface area contributed by atoms with Gasteiger partial charge in [0.25, 0.3) is 0 Å². The van der Waals surface area contributed by atoms with E-state index >= 15 is 0 Å². The van der Waals surface area contributed by atoms with E-state index in [0.717, 1.165) is 41.2 Å². The molecule has 0 spiro atoms. The number of carbonyl (C=O) groups excluding carboxylic acids is 1. The summed E-state index contributed by atoms with van der Waals surface area (Å²) in [5.74, 6) is -0.0251. The van der Waals surface area contributed by atoms with Gasteiger partial charge in [0.15, 0.2) is 0 Å². The van der Waals surface area contributed by atoms with Crippen LogP contribution in [0.2, 0.25) is 0 Å². The van der Waals surface area contributed by atoms with Gasteiger partial charge in [0.05, 0.1) is 5.69 Å². The molecule has 0 radical (unpaired) electrons. The average Bonchev–Trinajstić information content (AvgIpc) is 3.08. The first-order valence-electron chi connectivity index (χ1n) is 8.98. The Balaban J connectivity index is 1.35. The van der Waals surface area contributed by atoms with Crippen LogP contribution in [0.1, 0.15) is 22.9 Å². The molecule has 1 unspecified atom stereocenters. The third kappa shape index (κ3) is 3.98. The van der Waals surface area contributed by atoms with Gasteiger partial charge in [0.1, 0.15) is 6.04 Å². The molecule has 7 nitrogen and oxygen atoms in total. The van der Waals surface area contributed by atoms with Gasteiger partial charge in [-0.2, -0.15) is 5.10 Å². The number of hydrogen-bond acceptors (Lipinski definition) is 5. The first kappa shape index (κ1) is 17.2. The lowest BCUT2D eigenvalue weighted by atomic mass is 10.0. The van der Waals surface area contributed by atoms with E-state index in [4.69, 9.17) is 0 Å². The van der Waals surface area contributed by atoms with Crippen molar-refractivity contribution in [3.05, 3.63) is 71.8 Å². The number of benzene rings is 1. The summed E-state index contributed by atoms with van der Waals surface area (Å²) in [7, 11) is 1.88. The minimum atomic E-state index is -0.338. The van der Waals surface area contributed by atoms with Gasteiger partial charge < -0.3 is 16.0 Å². The summed E-state index contributed by atoms with van der Waals surface area (Å²) in [5, 5.41) is 14.0. The Labute approximate surface area is 157 Å². The Morgan fingerprint density at radius 1 is 1.19 bits per heavy atom. The van der Waals surface area contributed by atoms with Crippen LogP contribution in [0, 0.1) is 0 Å². The number of fused-ring (bicyclic) bond motifs is 1. The van der Waals surface area contributed by atoms with Gasteiger partial charge in [-0.3, -0.25) is 14.5 Å². The van der Waals surface area contributed by atoms with Gasteiger partial charge in [-0.05, 0) is 29.8 Å². The van der Waals surface area contributed by atoms with Crippen molar-refractivity contribution in [1.29, 1.82) is 0 Å². The van der Waals surface area contributed by atoms with E-state index < -0.39 is 0 Å². The molecule has 0 saturated heterocycles. The summed E-state index contributed by atoms with van der Waals surface area (Å²) in [4.78, 5) is 16.6. The second-order valence-electron chi connectivity index (χ2n) is 6.62. The molecule has 138 valence electrons. The van der Waals surface area contributed by atoms with Crippen LogP contribution >= 0.6 is 0 Å². The summed E-state index contributed by atoms with van der Waals surface area (Å²) in [6.07, 6.45) is 6.27. The van der Waals surface area contributed by atoms with E-state index in [1.54, 1.807) is 17.1 Å². The molecule has 0 bridgehead atoms. The van der Waals surface area contributed by atoms with Gasteiger partial charge in [0.2, 0.25) is 5.91 Å². The zero-order valence-electron chi connectivity index (χ0n) is 15.1. The predicted molar refractivity (Wildman–Crippen MR) is 103 cm³/mol. The number of nitrogens with one attached hydrogen (secondary N) is 3. The fourth-order valence-electron chi connectivity index (χ4n) is 3.27. The molecule has 3 aromatic rings. The molecule has 27 heavy (non-hydrogen) atoms. The van der Waals surface area contributed by atoms with E-state index in [2.05, 4.69) is 26.0 Å². The summed E-state index contributed by atoms with van der Waals surface area (Å²) < 4.78 is 1.77. The number of aryl methyl sites for hydroxylation is 1. The maximum absolute atomic E-state index is 12.6. The normalized spacial score (nSPS) is 15.8. The number of amides is 1. The molecule has 3 heterocycles. The number of anilines is 2. The Kier molecular flexibility index (Phi) is 4.84. The summed E-state index contributed by atoms with van der Waals surface area (Å²) in [6.45, 7) is 1.25. The van der Waals surface area contributed by atoms with E-state index in [1.165, 1.54) is 0 Å². The molecule has 1 aliphatic rings. The van der Waals surface area contributed by atoms with Crippen molar-refractivity contribution in [3.8, 4) is 0 Å². The Morgan fingerprint density at radius 2 is 1.93 bits per heavy atom. The molecule has 4 rings (SSSR count). The highest BCUT2D eigenvalue weighted by atomic mass is 16.2. The fraction of sp³-hybridized carbons (Fsp3) is 0.250. The molecule has 3 N–H and O–H groups in total. The molecule has 1 aromatic carbocycles. The topological polar surface area (TPSA) is 83.9 Å². The van der Waals surface area contributed by atoms with Crippen LogP contribution in [-0.2, 0) is 24.8 Å². The molecular formula is C20H22N6O. The minimum Gasteiger partial charge on any atom is -0.355 e. The smallest absolute Gasteiger partial charge is 0.242 e. The molecule has 1 amide bonds.